The molecule has 6 heteroatoms. The summed E-state index contributed by atoms with van der Waals surface area (Å²) in [5.74, 6) is 0. The topological polar surface area (TPSA) is 68.2 Å². The standard InChI is InChI=1S/C18H24N4O2/c1-24-17-6-5-16(10-17)21-18(23)20-11-14-3-2-4-15(9-14)12-22-8-7-19-13-22/h2-4,7-9,13,16-17H,5-6,10-12H2,1H3,(H2,20,21,23)/t16-,17-/m1/s1. The molecule has 1 saturated carbocycles. The van der Waals surface area contributed by atoms with Crippen molar-refractivity contribution < 1.29 is 9.53 Å². The van der Waals surface area contributed by atoms with Gasteiger partial charge in [-0.3, -0.25) is 0 Å². The van der Waals surface area contributed by atoms with Crippen LogP contribution in [0.4, 0.5) is 4.79 Å². The first kappa shape index (κ1) is 16.5. The fraction of sp³-hybridized carbons (Fsp3) is 0.444. The van der Waals surface area contributed by atoms with E-state index in [4.69, 9.17) is 4.74 Å². The van der Waals surface area contributed by atoms with Crippen LogP contribution in [0.5, 0.6) is 0 Å². The Morgan fingerprint density at radius 1 is 1.38 bits per heavy atom. The second-order valence-corrected chi connectivity index (χ2v) is 6.25. The summed E-state index contributed by atoms with van der Waals surface area (Å²) in [5, 5.41) is 5.96. The predicted octanol–water partition coefficient (Wildman–Crippen LogP) is 2.30. The van der Waals surface area contributed by atoms with Gasteiger partial charge in [-0.2, -0.15) is 0 Å². The van der Waals surface area contributed by atoms with Gasteiger partial charge in [0.25, 0.3) is 0 Å². The second-order valence-electron chi connectivity index (χ2n) is 6.25. The van der Waals surface area contributed by atoms with Crippen LogP contribution in [0.25, 0.3) is 0 Å². The third kappa shape index (κ3) is 4.58. The Bertz CT molecular complexity index is 657. The zero-order valence-electron chi connectivity index (χ0n) is 13.9. The summed E-state index contributed by atoms with van der Waals surface area (Å²) >= 11 is 0. The quantitative estimate of drug-likeness (QED) is 0.855. The van der Waals surface area contributed by atoms with Gasteiger partial charge < -0.3 is 19.9 Å². The lowest BCUT2D eigenvalue weighted by molar-refractivity contribution is 0.107. The molecule has 3 rings (SSSR count). The highest BCUT2D eigenvalue weighted by Crippen LogP contribution is 2.21. The lowest BCUT2D eigenvalue weighted by atomic mass is 10.1. The van der Waals surface area contributed by atoms with Crippen LogP contribution in [-0.4, -0.2) is 34.8 Å². The van der Waals surface area contributed by atoms with Gasteiger partial charge in [-0.15, -0.1) is 0 Å². The number of imidazole rings is 1. The first-order valence-electron chi connectivity index (χ1n) is 8.33. The number of rotatable bonds is 6. The fourth-order valence-corrected chi connectivity index (χ4v) is 3.13. The summed E-state index contributed by atoms with van der Waals surface area (Å²) in [6, 6.07) is 8.32. The summed E-state index contributed by atoms with van der Waals surface area (Å²) in [7, 11) is 1.73. The normalized spacial score (nSPS) is 20.0. The summed E-state index contributed by atoms with van der Waals surface area (Å²) in [4.78, 5) is 16.1. The molecule has 0 spiro atoms. The molecular formula is C18H24N4O2. The van der Waals surface area contributed by atoms with Crippen LogP contribution >= 0.6 is 0 Å². The van der Waals surface area contributed by atoms with Gasteiger partial charge in [-0.05, 0) is 30.4 Å². The van der Waals surface area contributed by atoms with Gasteiger partial charge in [0, 0.05) is 38.6 Å². The molecule has 1 aromatic heterocycles. The van der Waals surface area contributed by atoms with E-state index in [1.54, 1.807) is 19.6 Å². The van der Waals surface area contributed by atoms with E-state index in [1.807, 2.05) is 22.9 Å². The molecule has 0 unspecified atom stereocenters. The first-order chi connectivity index (χ1) is 11.7. The molecule has 24 heavy (non-hydrogen) atoms. The number of nitrogens with zero attached hydrogens (tertiary/aromatic N) is 2. The Morgan fingerprint density at radius 2 is 2.25 bits per heavy atom. The molecule has 1 fully saturated rings. The maximum atomic E-state index is 12.0. The van der Waals surface area contributed by atoms with Crippen LogP contribution in [0, 0.1) is 0 Å². The third-order valence-corrected chi connectivity index (χ3v) is 4.42. The van der Waals surface area contributed by atoms with Crippen molar-refractivity contribution in [2.45, 2.75) is 44.5 Å². The van der Waals surface area contributed by atoms with Crippen molar-refractivity contribution in [2.75, 3.05) is 7.11 Å². The number of methoxy groups -OCH3 is 1. The molecule has 2 atom stereocenters. The van der Waals surface area contributed by atoms with Gasteiger partial charge in [-0.1, -0.05) is 24.3 Å². The highest BCUT2D eigenvalue weighted by molar-refractivity contribution is 5.74. The molecular weight excluding hydrogens is 304 g/mol. The number of aromatic nitrogens is 2. The minimum atomic E-state index is -0.114. The van der Waals surface area contributed by atoms with Crippen LogP contribution in [-0.2, 0) is 17.8 Å². The van der Waals surface area contributed by atoms with Crippen molar-refractivity contribution >= 4 is 6.03 Å². The van der Waals surface area contributed by atoms with E-state index in [0.29, 0.717) is 6.54 Å². The van der Waals surface area contributed by atoms with Crippen LogP contribution < -0.4 is 10.6 Å². The maximum Gasteiger partial charge on any atom is 0.315 e. The molecule has 0 radical (unpaired) electrons. The van der Waals surface area contributed by atoms with Gasteiger partial charge >= 0.3 is 6.03 Å². The molecule has 2 aromatic rings. The number of amides is 2. The number of urea groups is 1. The van der Waals surface area contributed by atoms with Crippen LogP contribution in [0.1, 0.15) is 30.4 Å². The summed E-state index contributed by atoms with van der Waals surface area (Å²) < 4.78 is 7.35. The molecule has 1 aliphatic carbocycles. The van der Waals surface area contributed by atoms with E-state index in [2.05, 4.69) is 27.8 Å². The molecule has 2 amide bonds. The number of hydrogen-bond acceptors (Lipinski definition) is 3. The lowest BCUT2D eigenvalue weighted by Gasteiger charge is -2.14. The number of carbonyl (C=O) groups is 1. The van der Waals surface area contributed by atoms with Crippen molar-refractivity contribution in [3.63, 3.8) is 0 Å². The van der Waals surface area contributed by atoms with Crippen molar-refractivity contribution in [1.29, 1.82) is 0 Å². The molecule has 1 heterocycles. The number of hydrogen-bond donors (Lipinski definition) is 2. The van der Waals surface area contributed by atoms with Gasteiger partial charge in [0.2, 0.25) is 0 Å². The molecule has 128 valence electrons. The molecule has 0 saturated heterocycles. The fourth-order valence-electron chi connectivity index (χ4n) is 3.13. The summed E-state index contributed by atoms with van der Waals surface area (Å²) in [6.45, 7) is 1.30. The van der Waals surface area contributed by atoms with Crippen LogP contribution in [0.15, 0.2) is 43.0 Å². The van der Waals surface area contributed by atoms with E-state index in [0.717, 1.165) is 31.4 Å². The summed E-state index contributed by atoms with van der Waals surface area (Å²) in [6.07, 6.45) is 8.66. The third-order valence-electron chi connectivity index (χ3n) is 4.42. The average molecular weight is 328 g/mol. The van der Waals surface area contributed by atoms with Crippen molar-refractivity contribution in [3.05, 3.63) is 54.1 Å². The highest BCUT2D eigenvalue weighted by Gasteiger charge is 2.25. The Kier molecular flexibility index (Phi) is 5.48. The molecule has 2 N–H and O–H groups in total. The van der Waals surface area contributed by atoms with Crippen molar-refractivity contribution in [2.24, 2.45) is 0 Å². The second kappa shape index (κ2) is 7.97. The number of carbonyl (C=O) groups excluding carboxylic acids is 1. The molecule has 0 bridgehead atoms. The Morgan fingerprint density at radius 3 is 3.00 bits per heavy atom. The monoisotopic (exact) mass is 328 g/mol. The zero-order valence-corrected chi connectivity index (χ0v) is 13.9. The zero-order chi connectivity index (χ0) is 16.8. The van der Waals surface area contributed by atoms with Gasteiger partial charge in [0.1, 0.15) is 0 Å². The number of ether oxygens (including phenoxy) is 1. The van der Waals surface area contributed by atoms with E-state index < -0.39 is 0 Å². The molecule has 1 aliphatic rings. The van der Waals surface area contributed by atoms with Crippen LogP contribution in [0.3, 0.4) is 0 Å². The Labute approximate surface area is 142 Å². The molecule has 6 nitrogen and oxygen atoms in total. The Hall–Kier alpha value is -2.34. The van der Waals surface area contributed by atoms with Gasteiger partial charge in [-0.25, -0.2) is 9.78 Å². The maximum absolute atomic E-state index is 12.0. The number of benzene rings is 1. The van der Waals surface area contributed by atoms with Crippen LogP contribution in [0.2, 0.25) is 0 Å². The minimum Gasteiger partial charge on any atom is -0.381 e. The minimum absolute atomic E-state index is 0.114. The molecule has 1 aromatic carbocycles. The predicted molar refractivity (Wildman–Crippen MR) is 91.6 cm³/mol. The van der Waals surface area contributed by atoms with Crippen molar-refractivity contribution in [1.82, 2.24) is 20.2 Å². The van der Waals surface area contributed by atoms with E-state index >= 15 is 0 Å². The smallest absolute Gasteiger partial charge is 0.315 e. The van der Waals surface area contributed by atoms with Gasteiger partial charge in [0.15, 0.2) is 0 Å². The average Bonchev–Trinajstić information content (AvgIpc) is 3.25. The highest BCUT2D eigenvalue weighted by atomic mass is 16.5. The van der Waals surface area contributed by atoms with Gasteiger partial charge in [0.05, 0.1) is 12.4 Å². The largest absolute Gasteiger partial charge is 0.381 e. The van der Waals surface area contributed by atoms with E-state index in [-0.39, 0.29) is 18.2 Å². The SMILES string of the molecule is CO[C@@H]1CC[C@@H](NC(=O)NCc2cccc(Cn3ccnc3)c2)C1. The van der Waals surface area contributed by atoms with E-state index in [9.17, 15) is 4.79 Å². The van der Waals surface area contributed by atoms with Crippen molar-refractivity contribution in [3.8, 4) is 0 Å². The first-order valence-corrected chi connectivity index (χ1v) is 8.33. The Balaban J connectivity index is 1.47. The lowest BCUT2D eigenvalue weighted by Crippen LogP contribution is -2.40. The van der Waals surface area contributed by atoms with E-state index in [1.165, 1.54) is 5.56 Å². The molecule has 0 aliphatic heterocycles. The number of nitrogens with one attached hydrogen (secondary N) is 2. The summed E-state index contributed by atoms with van der Waals surface area (Å²) in [5.41, 5.74) is 2.27.